The molecule has 0 saturated heterocycles. The maximum Gasteiger partial charge on any atom is 0.339 e. The van der Waals surface area contributed by atoms with Crippen molar-refractivity contribution in [1.29, 1.82) is 0 Å². The lowest BCUT2D eigenvalue weighted by Crippen LogP contribution is -2.04. The molecule has 0 aliphatic carbocycles. The molecule has 2 rings (SSSR count). The van der Waals surface area contributed by atoms with E-state index in [0.717, 1.165) is 3.57 Å². The smallest absolute Gasteiger partial charge is 0.339 e. The number of aromatic nitrogens is 2. The van der Waals surface area contributed by atoms with Crippen LogP contribution < -0.4 is 4.74 Å². The Labute approximate surface area is 116 Å². The van der Waals surface area contributed by atoms with E-state index in [-0.39, 0.29) is 12.2 Å². The van der Waals surface area contributed by atoms with Gasteiger partial charge in [-0.1, -0.05) is 10.3 Å². The number of benzene rings is 1. The summed E-state index contributed by atoms with van der Waals surface area (Å²) in [7, 11) is 0. The van der Waals surface area contributed by atoms with Crippen LogP contribution in [-0.4, -0.2) is 21.4 Å². The Kier molecular flexibility index (Phi) is 3.80. The van der Waals surface area contributed by atoms with Crippen LogP contribution in [0.1, 0.15) is 21.7 Å². The molecular weight excluding hydrogens is 351 g/mol. The van der Waals surface area contributed by atoms with Crippen molar-refractivity contribution in [3.63, 3.8) is 0 Å². The number of carboxylic acid groups (broad SMARTS) is 1. The van der Waals surface area contributed by atoms with E-state index < -0.39 is 5.97 Å². The second-order valence-electron chi connectivity index (χ2n) is 3.53. The molecule has 0 aliphatic rings. The molecule has 0 bridgehead atoms. The lowest BCUT2D eigenvalue weighted by Gasteiger charge is -2.08. The van der Waals surface area contributed by atoms with Gasteiger partial charge in [0.05, 0.1) is 0 Å². The van der Waals surface area contributed by atoms with Gasteiger partial charge in [-0.05, 0) is 47.7 Å². The molecule has 0 amide bonds. The van der Waals surface area contributed by atoms with Crippen LogP contribution in [0, 0.1) is 10.5 Å². The minimum absolute atomic E-state index is 0.121. The van der Waals surface area contributed by atoms with E-state index in [1.54, 1.807) is 25.1 Å². The third-order valence-electron chi connectivity index (χ3n) is 2.28. The lowest BCUT2D eigenvalue weighted by atomic mass is 10.2. The van der Waals surface area contributed by atoms with Gasteiger partial charge >= 0.3 is 5.97 Å². The summed E-state index contributed by atoms with van der Waals surface area (Å²) in [5.41, 5.74) is 1.29. The van der Waals surface area contributed by atoms with E-state index in [4.69, 9.17) is 9.84 Å². The number of aromatic carboxylic acids is 1. The van der Waals surface area contributed by atoms with Gasteiger partial charge in [-0.2, -0.15) is 0 Å². The second-order valence-corrected chi connectivity index (χ2v) is 4.78. The molecule has 7 heteroatoms. The third kappa shape index (κ3) is 2.78. The Bertz CT molecular complexity index is 582. The fourth-order valence-corrected chi connectivity index (χ4v) is 1.81. The average molecular weight is 360 g/mol. The van der Waals surface area contributed by atoms with Crippen LogP contribution in [-0.2, 0) is 6.61 Å². The van der Waals surface area contributed by atoms with Gasteiger partial charge in [0.2, 0.25) is 0 Å². The van der Waals surface area contributed by atoms with Crippen molar-refractivity contribution in [3.8, 4) is 5.75 Å². The summed E-state index contributed by atoms with van der Waals surface area (Å²) in [5.74, 6) is -0.733. The molecule has 94 valence electrons. The molecule has 0 radical (unpaired) electrons. The Morgan fingerprint density at radius 2 is 2.28 bits per heavy atom. The maximum atomic E-state index is 11.1. The predicted octanol–water partition coefficient (Wildman–Crippen LogP) is 2.26. The summed E-state index contributed by atoms with van der Waals surface area (Å²) in [5, 5.41) is 16.4. The van der Waals surface area contributed by atoms with Gasteiger partial charge in [-0.3, -0.25) is 0 Å². The molecule has 18 heavy (non-hydrogen) atoms. The molecule has 1 N–H and O–H groups in total. The van der Waals surface area contributed by atoms with Crippen molar-refractivity contribution in [1.82, 2.24) is 10.3 Å². The number of aryl methyl sites for hydroxylation is 1. The Morgan fingerprint density at radius 1 is 1.50 bits per heavy atom. The number of carboxylic acids is 1. The number of ether oxygens (including phenoxy) is 1. The zero-order valence-electron chi connectivity index (χ0n) is 9.38. The van der Waals surface area contributed by atoms with Gasteiger partial charge in [0.25, 0.3) is 0 Å². The van der Waals surface area contributed by atoms with Gasteiger partial charge in [0.1, 0.15) is 29.3 Å². The van der Waals surface area contributed by atoms with Gasteiger partial charge in [-0.15, -0.1) is 0 Å². The largest absolute Gasteiger partial charge is 0.486 e. The van der Waals surface area contributed by atoms with E-state index in [0.29, 0.717) is 17.1 Å². The Hall–Kier alpha value is -1.64. The second kappa shape index (κ2) is 5.34. The monoisotopic (exact) mass is 360 g/mol. The molecule has 6 nitrogen and oxygen atoms in total. The van der Waals surface area contributed by atoms with Crippen LogP contribution in [0.5, 0.6) is 5.75 Å². The van der Waals surface area contributed by atoms with Crippen LogP contribution in [0.25, 0.3) is 0 Å². The van der Waals surface area contributed by atoms with Gasteiger partial charge < -0.3 is 9.84 Å². The average Bonchev–Trinajstić information content (AvgIpc) is 2.73. The highest BCUT2D eigenvalue weighted by Gasteiger charge is 2.13. The van der Waals surface area contributed by atoms with Gasteiger partial charge in [0, 0.05) is 3.57 Å². The molecule has 0 atom stereocenters. The van der Waals surface area contributed by atoms with E-state index in [9.17, 15) is 4.79 Å². The fraction of sp³-hybridized carbons (Fsp3) is 0.182. The highest BCUT2D eigenvalue weighted by atomic mass is 127. The first-order valence-electron chi connectivity index (χ1n) is 5.01. The number of halogens is 1. The number of hydrogen-bond donors (Lipinski definition) is 1. The Morgan fingerprint density at radius 3 is 2.89 bits per heavy atom. The van der Waals surface area contributed by atoms with E-state index >= 15 is 0 Å². The third-order valence-corrected chi connectivity index (χ3v) is 2.95. The molecule has 2 aromatic rings. The van der Waals surface area contributed by atoms with Crippen molar-refractivity contribution in [2.24, 2.45) is 0 Å². The first-order valence-corrected chi connectivity index (χ1v) is 6.09. The molecule has 0 saturated carbocycles. The van der Waals surface area contributed by atoms with Crippen LogP contribution in [0.4, 0.5) is 0 Å². The molecule has 1 aromatic heterocycles. The number of carbonyl (C=O) groups is 1. The summed E-state index contributed by atoms with van der Waals surface area (Å²) < 4.78 is 10.8. The van der Waals surface area contributed by atoms with Gasteiger partial charge in [-0.25, -0.2) is 9.42 Å². The van der Waals surface area contributed by atoms with Crippen LogP contribution in [0.15, 0.2) is 22.8 Å². The molecule has 0 fully saturated rings. The normalized spacial score (nSPS) is 10.3. The predicted molar refractivity (Wildman–Crippen MR) is 69.5 cm³/mol. The van der Waals surface area contributed by atoms with Crippen molar-refractivity contribution in [2.45, 2.75) is 13.5 Å². The van der Waals surface area contributed by atoms with Crippen molar-refractivity contribution >= 4 is 28.6 Å². The van der Waals surface area contributed by atoms with Crippen LogP contribution in [0.2, 0.25) is 0 Å². The van der Waals surface area contributed by atoms with Crippen LogP contribution in [0.3, 0.4) is 0 Å². The fourth-order valence-electron chi connectivity index (χ4n) is 1.32. The first kappa shape index (κ1) is 12.8. The highest BCUT2D eigenvalue weighted by Crippen LogP contribution is 2.22. The minimum Gasteiger partial charge on any atom is -0.486 e. The van der Waals surface area contributed by atoms with E-state index in [1.807, 2.05) is 22.6 Å². The first-order chi connectivity index (χ1) is 8.58. The summed E-state index contributed by atoms with van der Waals surface area (Å²) >= 11 is 2.04. The molecule has 0 aliphatic heterocycles. The molecule has 1 heterocycles. The van der Waals surface area contributed by atoms with Gasteiger partial charge in [0.15, 0.2) is 0 Å². The summed E-state index contributed by atoms with van der Waals surface area (Å²) in [6, 6.07) is 4.94. The zero-order chi connectivity index (χ0) is 13.1. The van der Waals surface area contributed by atoms with E-state index in [2.05, 4.69) is 14.9 Å². The lowest BCUT2D eigenvalue weighted by molar-refractivity contribution is 0.0691. The van der Waals surface area contributed by atoms with Crippen molar-refractivity contribution in [2.75, 3.05) is 0 Å². The topological polar surface area (TPSA) is 85.5 Å². The summed E-state index contributed by atoms with van der Waals surface area (Å²) in [4.78, 5) is 11.1. The molecule has 1 aromatic carbocycles. The molecular formula is C11H9IN2O4. The SMILES string of the molecule is Cc1nonc1COc1ccc(I)cc1C(=O)O. The minimum atomic E-state index is -1.03. The summed E-state index contributed by atoms with van der Waals surface area (Å²) in [6.45, 7) is 1.86. The standard InChI is InChI=1S/C11H9IN2O4/c1-6-9(14-18-13-6)5-17-10-3-2-7(12)4-8(10)11(15)16/h2-4H,5H2,1H3,(H,15,16). The number of hydrogen-bond acceptors (Lipinski definition) is 5. The number of rotatable bonds is 4. The summed E-state index contributed by atoms with van der Waals surface area (Å²) in [6.07, 6.45) is 0. The number of nitrogens with zero attached hydrogens (tertiary/aromatic N) is 2. The van der Waals surface area contributed by atoms with Crippen molar-refractivity contribution in [3.05, 3.63) is 38.7 Å². The molecule has 0 spiro atoms. The quantitative estimate of drug-likeness (QED) is 0.842. The maximum absolute atomic E-state index is 11.1. The Balaban J connectivity index is 2.19. The molecule has 0 unspecified atom stereocenters. The van der Waals surface area contributed by atoms with Crippen LogP contribution >= 0.6 is 22.6 Å². The zero-order valence-corrected chi connectivity index (χ0v) is 11.5. The highest BCUT2D eigenvalue weighted by molar-refractivity contribution is 14.1. The van der Waals surface area contributed by atoms with Crippen molar-refractivity contribution < 1.29 is 19.3 Å². The van der Waals surface area contributed by atoms with E-state index in [1.165, 1.54) is 0 Å².